The van der Waals surface area contributed by atoms with Crippen LogP contribution in [-0.2, 0) is 23.7 Å². The van der Waals surface area contributed by atoms with Crippen LogP contribution in [-0.4, -0.2) is 112 Å². The molecule has 0 aliphatic carbocycles. The minimum Gasteiger partial charge on any atom is -0.394 e. The molecule has 0 aromatic carbocycles. The van der Waals surface area contributed by atoms with Crippen LogP contribution >= 0.6 is 0 Å². The third-order valence-electron chi connectivity index (χ3n) is 9.89. The Morgan fingerprint density at radius 1 is 0.837 bits per heavy atom. The summed E-state index contributed by atoms with van der Waals surface area (Å²) >= 11 is 0. The van der Waals surface area contributed by atoms with Gasteiger partial charge in [-0.05, 0) is 57.3 Å². The van der Waals surface area contributed by atoms with Gasteiger partial charge in [0.15, 0.2) is 12.6 Å². The first-order valence-electron chi connectivity index (χ1n) is 16.5. The zero-order valence-electron chi connectivity index (χ0n) is 26.4. The van der Waals surface area contributed by atoms with Gasteiger partial charge >= 0.3 is 0 Å². The minimum absolute atomic E-state index is 0.0594. The summed E-state index contributed by atoms with van der Waals surface area (Å²) in [6.45, 7) is 8.10. The highest BCUT2D eigenvalue weighted by atomic mass is 16.8. The highest BCUT2D eigenvalue weighted by molar-refractivity contribution is 5.78. The van der Waals surface area contributed by atoms with E-state index < -0.39 is 68.0 Å². The second-order valence-corrected chi connectivity index (χ2v) is 12.7. The van der Waals surface area contributed by atoms with E-state index in [1.165, 1.54) is 0 Å². The number of hydrogen-bond donors (Lipinski definition) is 7. The average Bonchev–Trinajstić information content (AvgIpc) is 3.00. The molecular formula is C31H58N2O10. The maximum absolute atomic E-state index is 12.8. The third-order valence-corrected chi connectivity index (χ3v) is 9.89. The molecule has 3 heterocycles. The number of nitrogens with two attached hydrogens (primary N) is 1. The van der Waals surface area contributed by atoms with Gasteiger partial charge in [0.1, 0.15) is 30.5 Å². The van der Waals surface area contributed by atoms with Crippen molar-refractivity contribution in [2.45, 2.75) is 159 Å². The number of rotatable bonds is 8. The molecule has 0 saturated carbocycles. The van der Waals surface area contributed by atoms with Gasteiger partial charge in [0.25, 0.3) is 0 Å². The summed E-state index contributed by atoms with van der Waals surface area (Å²) in [4.78, 5) is 12.8. The van der Waals surface area contributed by atoms with E-state index >= 15 is 0 Å². The number of hydrogen-bond acceptors (Lipinski definition) is 11. The number of aliphatic hydroxyl groups excluding tert-OH is 5. The summed E-state index contributed by atoms with van der Waals surface area (Å²) in [5.74, 6) is 0.848. The smallest absolute Gasteiger partial charge is 0.223 e. The van der Waals surface area contributed by atoms with E-state index in [0.717, 1.165) is 64.2 Å². The predicted octanol–water partition coefficient (Wildman–Crippen LogP) is 0.929. The monoisotopic (exact) mass is 618 g/mol. The maximum Gasteiger partial charge on any atom is 0.223 e. The van der Waals surface area contributed by atoms with E-state index in [-0.39, 0.29) is 23.8 Å². The molecular weight excluding hydrogens is 560 g/mol. The number of carbonyl (C=O) groups excluding carboxylic acids is 1. The molecule has 0 aromatic rings. The van der Waals surface area contributed by atoms with Crippen molar-refractivity contribution in [2.24, 2.45) is 23.5 Å². The van der Waals surface area contributed by atoms with Crippen molar-refractivity contribution in [2.75, 3.05) is 13.2 Å². The van der Waals surface area contributed by atoms with Gasteiger partial charge in [-0.2, -0.15) is 0 Å². The molecule has 12 heteroatoms. The third kappa shape index (κ3) is 9.54. The van der Waals surface area contributed by atoms with Crippen LogP contribution in [0.2, 0.25) is 0 Å². The zero-order valence-corrected chi connectivity index (χ0v) is 26.4. The van der Waals surface area contributed by atoms with E-state index in [1.807, 2.05) is 0 Å². The highest BCUT2D eigenvalue weighted by Gasteiger charge is 2.50. The Morgan fingerprint density at radius 2 is 1.58 bits per heavy atom. The van der Waals surface area contributed by atoms with E-state index in [4.69, 9.17) is 24.7 Å². The molecule has 3 saturated heterocycles. The number of nitrogens with one attached hydrogen (secondary N) is 1. The fraction of sp³-hybridized carbons (Fsp3) is 0.968. The second-order valence-electron chi connectivity index (χ2n) is 12.7. The first kappa shape index (κ1) is 36.5. The molecule has 0 bridgehead atoms. The van der Waals surface area contributed by atoms with Gasteiger partial charge in [-0.15, -0.1) is 0 Å². The van der Waals surface area contributed by atoms with Gasteiger partial charge in [-0.1, -0.05) is 46.5 Å². The van der Waals surface area contributed by atoms with Crippen molar-refractivity contribution in [3.05, 3.63) is 0 Å². The summed E-state index contributed by atoms with van der Waals surface area (Å²) in [6.07, 6.45) is -2.41. The van der Waals surface area contributed by atoms with Crippen LogP contribution in [0.1, 0.15) is 91.9 Å². The Kier molecular flexibility index (Phi) is 15.0. The molecule has 8 N–H and O–H groups in total. The molecule has 0 aromatic heterocycles. The van der Waals surface area contributed by atoms with Crippen LogP contribution in [0.15, 0.2) is 0 Å². The van der Waals surface area contributed by atoms with Crippen LogP contribution in [0.4, 0.5) is 0 Å². The Hall–Kier alpha value is -0.930. The molecule has 252 valence electrons. The number of ether oxygens (including phenoxy) is 4. The lowest BCUT2D eigenvalue weighted by Crippen LogP contribution is -2.66. The minimum atomic E-state index is -1.63. The van der Waals surface area contributed by atoms with Crippen molar-refractivity contribution >= 4 is 5.91 Å². The van der Waals surface area contributed by atoms with Gasteiger partial charge in [-0.25, -0.2) is 0 Å². The molecule has 14 atom stereocenters. The standard InChI is InChI=1S/C31H58N2O10/c1-5-18-10-8-11-20(7-3)29(39)33-15-9-12-19(6-2)21(14-13-18)41-31-28(23(32)24(35)17(4)40-31)43-30-27(38)26(37)25(36)22(16-34)42-30/h17-28,30-31,34-38H,5-16,32H2,1-4H3,(H,33,39)/t17-,18+,19-,20-,21+,22-,23+,24-,25-,26+,27-,28+,30-,31-/m1/s1. The lowest BCUT2D eigenvalue weighted by molar-refractivity contribution is -0.357. The Labute approximate surface area is 256 Å². The van der Waals surface area contributed by atoms with Crippen molar-refractivity contribution in [1.29, 1.82) is 0 Å². The largest absolute Gasteiger partial charge is 0.394 e. The Morgan fingerprint density at radius 3 is 2.23 bits per heavy atom. The fourth-order valence-corrected chi connectivity index (χ4v) is 6.74. The molecule has 3 rings (SSSR count). The normalized spacial score (nSPS) is 44.4. The summed E-state index contributed by atoms with van der Waals surface area (Å²) < 4.78 is 24.5. The van der Waals surface area contributed by atoms with Crippen LogP contribution in [0.3, 0.4) is 0 Å². The first-order valence-corrected chi connectivity index (χ1v) is 16.5. The molecule has 0 radical (unpaired) electrons. The van der Waals surface area contributed by atoms with Gasteiger partial charge in [0.2, 0.25) is 5.91 Å². The number of amides is 1. The molecule has 0 unspecified atom stereocenters. The molecule has 3 aliphatic heterocycles. The summed E-state index contributed by atoms with van der Waals surface area (Å²) in [7, 11) is 0. The fourth-order valence-electron chi connectivity index (χ4n) is 6.74. The molecule has 3 fully saturated rings. The first-order chi connectivity index (χ1) is 20.6. The van der Waals surface area contributed by atoms with Crippen LogP contribution < -0.4 is 11.1 Å². The molecule has 12 nitrogen and oxygen atoms in total. The van der Waals surface area contributed by atoms with Crippen molar-refractivity contribution in [3.63, 3.8) is 0 Å². The molecule has 0 spiro atoms. The SMILES string of the molecule is CC[C@H]1CCC[C@@H](CC)C(=O)NCCC[C@@H](CC)[C@@H](O[C@H]2O[C@H](C)[C@@H](O)[C@H](N)[C@@H]2O[C@H]2O[C@H](CO)[C@@H](O)[C@H](O)[C@H]2O)CC1. The van der Waals surface area contributed by atoms with Crippen molar-refractivity contribution in [1.82, 2.24) is 5.32 Å². The number of aliphatic hydroxyl groups is 5. The topological polar surface area (TPSA) is 193 Å². The van der Waals surface area contributed by atoms with E-state index in [2.05, 4.69) is 26.1 Å². The van der Waals surface area contributed by atoms with Crippen LogP contribution in [0, 0.1) is 17.8 Å². The van der Waals surface area contributed by atoms with E-state index in [9.17, 15) is 30.3 Å². The van der Waals surface area contributed by atoms with E-state index in [1.54, 1.807) is 6.92 Å². The van der Waals surface area contributed by atoms with Gasteiger partial charge < -0.3 is 55.5 Å². The van der Waals surface area contributed by atoms with Crippen molar-refractivity contribution < 1.29 is 49.3 Å². The molecule has 3 aliphatic rings. The zero-order chi connectivity index (χ0) is 31.7. The highest BCUT2D eigenvalue weighted by Crippen LogP contribution is 2.34. The lowest BCUT2D eigenvalue weighted by atomic mass is 9.85. The Balaban J connectivity index is 1.81. The van der Waals surface area contributed by atoms with Crippen LogP contribution in [0.5, 0.6) is 0 Å². The van der Waals surface area contributed by atoms with Crippen LogP contribution in [0.25, 0.3) is 0 Å². The van der Waals surface area contributed by atoms with Gasteiger partial charge in [-0.3, -0.25) is 4.79 Å². The average molecular weight is 619 g/mol. The molecule has 43 heavy (non-hydrogen) atoms. The quantitative estimate of drug-likeness (QED) is 0.205. The van der Waals surface area contributed by atoms with Gasteiger partial charge in [0.05, 0.1) is 31.0 Å². The maximum atomic E-state index is 12.8. The molecule has 1 amide bonds. The lowest BCUT2D eigenvalue weighted by Gasteiger charge is -2.47. The summed E-state index contributed by atoms with van der Waals surface area (Å²) in [5, 5.41) is 54.6. The van der Waals surface area contributed by atoms with Crippen molar-refractivity contribution in [3.8, 4) is 0 Å². The summed E-state index contributed by atoms with van der Waals surface area (Å²) in [6, 6.07) is -0.968. The second kappa shape index (κ2) is 17.7. The number of carbonyl (C=O) groups is 1. The Bertz CT molecular complexity index is 821. The van der Waals surface area contributed by atoms with Gasteiger partial charge in [0, 0.05) is 12.5 Å². The predicted molar refractivity (Wildman–Crippen MR) is 159 cm³/mol. The summed E-state index contributed by atoms with van der Waals surface area (Å²) in [5.41, 5.74) is 6.44. The van der Waals surface area contributed by atoms with E-state index in [0.29, 0.717) is 12.5 Å².